The molecular weight excluding hydrogens is 324 g/mol. The fourth-order valence-electron chi connectivity index (χ4n) is 6.47. The molecule has 3 heteroatoms. The van der Waals surface area contributed by atoms with Crippen LogP contribution in [-0.4, -0.2) is 24.8 Å². The topological polar surface area (TPSA) is 43.4 Å². The van der Waals surface area contributed by atoms with E-state index in [-0.39, 0.29) is 29.3 Å². The maximum Gasteiger partial charge on any atom is 0.168 e. The highest BCUT2D eigenvalue weighted by atomic mass is 16.5. The average Bonchev–Trinajstić information content (AvgIpc) is 2.69. The van der Waals surface area contributed by atoms with Gasteiger partial charge in [-0.3, -0.25) is 9.59 Å². The summed E-state index contributed by atoms with van der Waals surface area (Å²) in [6.07, 6.45) is 6.25. The SMILES string of the molecule is O=C1c2ccccc2C(=O)[C@H]2CC3=C4[C@@H]5C(=CC[C@H]4[C@@H]12)COC[C@H]5CC3. The van der Waals surface area contributed by atoms with Crippen LogP contribution >= 0.6 is 0 Å². The fourth-order valence-corrected chi connectivity index (χ4v) is 6.47. The Morgan fingerprint density at radius 1 is 1.00 bits per heavy atom. The van der Waals surface area contributed by atoms with E-state index in [4.69, 9.17) is 4.74 Å². The van der Waals surface area contributed by atoms with E-state index in [1.54, 1.807) is 0 Å². The van der Waals surface area contributed by atoms with E-state index >= 15 is 0 Å². The molecule has 1 saturated heterocycles. The van der Waals surface area contributed by atoms with Gasteiger partial charge in [0.15, 0.2) is 11.6 Å². The van der Waals surface area contributed by atoms with Gasteiger partial charge in [0.25, 0.3) is 0 Å². The standard InChI is InChI=1S/C23H22O3/c24-22-15-3-1-2-4-16(15)23(25)21-17-8-7-14-11-26-10-13-6-5-12(9-18(21)22)20(17)19(13)14/h1-4,7,13,17-19,21H,5-6,8-11H2/t13-,17-,18+,19+,21-/m1/s1. The fraction of sp³-hybridized carbons (Fsp3) is 0.478. The second kappa shape index (κ2) is 5.26. The Bertz CT molecular complexity index is 906. The summed E-state index contributed by atoms with van der Waals surface area (Å²) >= 11 is 0. The molecule has 5 aliphatic rings. The van der Waals surface area contributed by atoms with Crippen LogP contribution in [0.4, 0.5) is 0 Å². The first-order valence-electron chi connectivity index (χ1n) is 9.90. The summed E-state index contributed by atoms with van der Waals surface area (Å²) in [5.74, 6) is 1.36. The minimum Gasteiger partial charge on any atom is -0.377 e. The van der Waals surface area contributed by atoms with Crippen molar-refractivity contribution in [3.05, 3.63) is 58.2 Å². The van der Waals surface area contributed by atoms with Gasteiger partial charge in [-0.2, -0.15) is 0 Å². The Balaban J connectivity index is 1.51. The number of benzene rings is 1. The van der Waals surface area contributed by atoms with E-state index in [0.29, 0.717) is 23.0 Å². The highest BCUT2D eigenvalue weighted by Gasteiger charge is 2.53. The van der Waals surface area contributed by atoms with Gasteiger partial charge >= 0.3 is 0 Å². The molecule has 0 saturated carbocycles. The Morgan fingerprint density at radius 2 is 1.81 bits per heavy atom. The smallest absolute Gasteiger partial charge is 0.168 e. The minimum atomic E-state index is -0.157. The zero-order valence-corrected chi connectivity index (χ0v) is 14.7. The van der Waals surface area contributed by atoms with E-state index in [2.05, 4.69) is 6.08 Å². The van der Waals surface area contributed by atoms with Crippen LogP contribution in [0.15, 0.2) is 47.1 Å². The van der Waals surface area contributed by atoms with Crippen molar-refractivity contribution >= 4 is 11.6 Å². The lowest BCUT2D eigenvalue weighted by Crippen LogP contribution is -2.49. The molecule has 1 aromatic rings. The molecule has 132 valence electrons. The van der Waals surface area contributed by atoms with E-state index in [9.17, 15) is 9.59 Å². The van der Waals surface area contributed by atoms with Gasteiger partial charge in [-0.05, 0) is 43.1 Å². The zero-order chi connectivity index (χ0) is 17.4. The van der Waals surface area contributed by atoms with E-state index in [1.807, 2.05) is 24.3 Å². The van der Waals surface area contributed by atoms with Crippen molar-refractivity contribution in [3.8, 4) is 0 Å². The van der Waals surface area contributed by atoms with Crippen LogP contribution in [-0.2, 0) is 4.74 Å². The van der Waals surface area contributed by atoms with Crippen molar-refractivity contribution in [2.45, 2.75) is 25.7 Å². The Labute approximate surface area is 153 Å². The molecule has 1 fully saturated rings. The third-order valence-corrected chi connectivity index (χ3v) is 7.50. The van der Waals surface area contributed by atoms with Crippen LogP contribution in [0.2, 0.25) is 0 Å². The minimum absolute atomic E-state index is 0.146. The van der Waals surface area contributed by atoms with Crippen LogP contribution < -0.4 is 0 Å². The summed E-state index contributed by atoms with van der Waals surface area (Å²) < 4.78 is 5.83. The first-order valence-corrected chi connectivity index (χ1v) is 9.90. The molecule has 3 nitrogen and oxygen atoms in total. The molecule has 26 heavy (non-hydrogen) atoms. The summed E-state index contributed by atoms with van der Waals surface area (Å²) in [7, 11) is 0. The van der Waals surface area contributed by atoms with Crippen LogP contribution in [0.25, 0.3) is 0 Å². The van der Waals surface area contributed by atoms with Gasteiger partial charge in [-0.15, -0.1) is 0 Å². The largest absolute Gasteiger partial charge is 0.377 e. The lowest BCUT2D eigenvalue weighted by Gasteiger charge is -2.52. The zero-order valence-electron chi connectivity index (χ0n) is 14.7. The van der Waals surface area contributed by atoms with E-state index < -0.39 is 0 Å². The number of carbonyl (C=O) groups is 2. The summed E-state index contributed by atoms with van der Waals surface area (Å²) in [4.78, 5) is 26.6. The maximum atomic E-state index is 13.4. The summed E-state index contributed by atoms with van der Waals surface area (Å²) in [6, 6.07) is 7.44. The summed E-state index contributed by atoms with van der Waals surface area (Å²) in [6.45, 7) is 1.59. The van der Waals surface area contributed by atoms with Crippen molar-refractivity contribution < 1.29 is 14.3 Å². The number of ketones is 2. The maximum absolute atomic E-state index is 13.4. The van der Waals surface area contributed by atoms with Gasteiger partial charge in [-0.25, -0.2) is 0 Å². The van der Waals surface area contributed by atoms with E-state index in [0.717, 1.165) is 38.9 Å². The van der Waals surface area contributed by atoms with Gasteiger partial charge < -0.3 is 4.74 Å². The van der Waals surface area contributed by atoms with Crippen molar-refractivity contribution in [3.63, 3.8) is 0 Å². The highest BCUT2D eigenvalue weighted by molar-refractivity contribution is 6.16. The molecule has 1 aromatic carbocycles. The molecule has 1 heterocycles. The molecule has 0 amide bonds. The molecule has 0 bridgehead atoms. The molecule has 6 rings (SSSR count). The number of fused-ring (bicyclic) bond motifs is 3. The van der Waals surface area contributed by atoms with Crippen molar-refractivity contribution in [2.75, 3.05) is 13.2 Å². The van der Waals surface area contributed by atoms with Crippen LogP contribution in [0.5, 0.6) is 0 Å². The van der Waals surface area contributed by atoms with Crippen LogP contribution in [0.1, 0.15) is 46.4 Å². The van der Waals surface area contributed by atoms with Gasteiger partial charge in [0, 0.05) is 28.9 Å². The molecule has 0 radical (unpaired) electrons. The number of ether oxygens (including phenoxy) is 1. The molecule has 0 N–H and O–H groups in total. The highest BCUT2D eigenvalue weighted by Crippen LogP contribution is 2.57. The quantitative estimate of drug-likeness (QED) is 0.667. The number of allylic oxidation sites excluding steroid dienone is 3. The van der Waals surface area contributed by atoms with Crippen molar-refractivity contribution in [1.29, 1.82) is 0 Å². The number of carbonyl (C=O) groups excluding carboxylic acids is 2. The second-order valence-electron chi connectivity index (χ2n) is 8.58. The Hall–Kier alpha value is -2.00. The second-order valence-corrected chi connectivity index (χ2v) is 8.58. The summed E-state index contributed by atoms with van der Waals surface area (Å²) in [5.41, 5.74) is 5.75. The molecule has 0 spiro atoms. The molecule has 0 aromatic heterocycles. The first kappa shape index (κ1) is 15.1. The number of Topliss-reactive ketones (excluding diaryl/α,β-unsaturated/α-hetero) is 2. The predicted molar refractivity (Wildman–Crippen MR) is 96.9 cm³/mol. The summed E-state index contributed by atoms with van der Waals surface area (Å²) in [5, 5.41) is 0. The predicted octanol–water partition coefficient (Wildman–Crippen LogP) is 4.00. The molecule has 4 aliphatic carbocycles. The van der Waals surface area contributed by atoms with Crippen molar-refractivity contribution in [1.82, 2.24) is 0 Å². The molecule has 1 aliphatic heterocycles. The van der Waals surface area contributed by atoms with Gasteiger partial charge in [0.05, 0.1) is 13.2 Å². The molecule has 5 atom stereocenters. The molecular formula is C23H22O3. The van der Waals surface area contributed by atoms with E-state index in [1.165, 1.54) is 16.7 Å². The van der Waals surface area contributed by atoms with Gasteiger partial charge in [0.2, 0.25) is 0 Å². The van der Waals surface area contributed by atoms with Crippen LogP contribution in [0, 0.1) is 29.6 Å². The van der Waals surface area contributed by atoms with Crippen LogP contribution in [0.3, 0.4) is 0 Å². The third-order valence-electron chi connectivity index (χ3n) is 7.50. The first-order chi connectivity index (χ1) is 12.7. The number of hydrogen-bond donors (Lipinski definition) is 0. The Morgan fingerprint density at radius 3 is 2.65 bits per heavy atom. The van der Waals surface area contributed by atoms with Gasteiger partial charge in [0.1, 0.15) is 0 Å². The Kier molecular flexibility index (Phi) is 3.05. The van der Waals surface area contributed by atoms with Crippen molar-refractivity contribution in [2.24, 2.45) is 29.6 Å². The third kappa shape index (κ3) is 1.82. The lowest BCUT2D eigenvalue weighted by molar-refractivity contribution is 0.0397. The number of hydrogen-bond acceptors (Lipinski definition) is 3. The monoisotopic (exact) mass is 346 g/mol. The number of rotatable bonds is 0. The molecule has 0 unspecified atom stereocenters. The normalized spacial score (nSPS) is 37.5. The van der Waals surface area contributed by atoms with Gasteiger partial charge in [-0.1, -0.05) is 41.5 Å². The lowest BCUT2D eigenvalue weighted by atomic mass is 9.52. The average molecular weight is 346 g/mol.